The van der Waals surface area contributed by atoms with Gasteiger partial charge in [-0.25, -0.2) is 4.98 Å². The molecule has 0 bridgehead atoms. The Labute approximate surface area is 141 Å². The number of para-hydroxylation sites is 2. The van der Waals surface area contributed by atoms with Crippen molar-refractivity contribution in [2.24, 2.45) is 0 Å². The van der Waals surface area contributed by atoms with Gasteiger partial charge in [-0.15, -0.1) is 0 Å². The molecule has 0 aliphatic rings. The summed E-state index contributed by atoms with van der Waals surface area (Å²) in [5.41, 5.74) is 3.85. The third kappa shape index (κ3) is 3.40. The quantitative estimate of drug-likeness (QED) is 0.757. The molecule has 124 valence electrons. The number of nitrogens with one attached hydrogen (secondary N) is 2. The number of methoxy groups -OCH3 is 1. The molecule has 0 aliphatic carbocycles. The maximum absolute atomic E-state index is 12.4. The van der Waals surface area contributed by atoms with Gasteiger partial charge in [-0.1, -0.05) is 29.8 Å². The summed E-state index contributed by atoms with van der Waals surface area (Å²) in [6.45, 7) is 3.92. The number of amides is 1. The Hall–Kier alpha value is -2.82. The number of fused-ring (bicyclic) bond motifs is 1. The third-order valence-corrected chi connectivity index (χ3v) is 3.98. The molecular formula is C19H21N3O2. The van der Waals surface area contributed by atoms with Crippen LogP contribution in [0.2, 0.25) is 0 Å². The second-order valence-electron chi connectivity index (χ2n) is 5.92. The third-order valence-electron chi connectivity index (χ3n) is 3.98. The number of aromatic nitrogens is 2. The minimum Gasteiger partial charge on any atom is -0.496 e. The number of benzene rings is 2. The summed E-state index contributed by atoms with van der Waals surface area (Å²) in [6, 6.07) is 13.5. The highest BCUT2D eigenvalue weighted by molar-refractivity contribution is 5.80. The fraction of sp³-hybridized carbons (Fsp3) is 0.263. The minimum absolute atomic E-state index is 0.0631. The van der Waals surface area contributed by atoms with Crippen molar-refractivity contribution in [2.45, 2.75) is 26.3 Å². The first-order chi connectivity index (χ1) is 11.6. The second-order valence-corrected chi connectivity index (χ2v) is 5.92. The summed E-state index contributed by atoms with van der Waals surface area (Å²) in [7, 11) is 1.61. The molecular weight excluding hydrogens is 302 g/mol. The number of hydrogen-bond donors (Lipinski definition) is 2. The molecule has 0 fully saturated rings. The van der Waals surface area contributed by atoms with Gasteiger partial charge in [0, 0.05) is 5.56 Å². The van der Waals surface area contributed by atoms with Crippen molar-refractivity contribution in [2.75, 3.05) is 7.11 Å². The lowest BCUT2D eigenvalue weighted by atomic mass is 10.1. The molecule has 2 N–H and O–H groups in total. The van der Waals surface area contributed by atoms with Crippen LogP contribution in [0.3, 0.4) is 0 Å². The number of ether oxygens (including phenoxy) is 1. The van der Waals surface area contributed by atoms with E-state index in [1.165, 1.54) is 0 Å². The maximum Gasteiger partial charge on any atom is 0.225 e. The molecule has 5 nitrogen and oxygen atoms in total. The summed E-state index contributed by atoms with van der Waals surface area (Å²) in [4.78, 5) is 20.2. The van der Waals surface area contributed by atoms with Gasteiger partial charge in [0.25, 0.3) is 0 Å². The van der Waals surface area contributed by atoms with E-state index in [0.29, 0.717) is 0 Å². The van der Waals surface area contributed by atoms with E-state index in [1.54, 1.807) is 7.11 Å². The van der Waals surface area contributed by atoms with Crippen molar-refractivity contribution in [1.82, 2.24) is 15.3 Å². The van der Waals surface area contributed by atoms with Gasteiger partial charge in [0.15, 0.2) is 0 Å². The summed E-state index contributed by atoms with van der Waals surface area (Å²) < 4.78 is 5.33. The van der Waals surface area contributed by atoms with Crippen LogP contribution in [0.1, 0.15) is 29.9 Å². The number of hydrogen-bond acceptors (Lipinski definition) is 3. The number of rotatable bonds is 5. The lowest BCUT2D eigenvalue weighted by Gasteiger charge is -2.13. The second kappa shape index (κ2) is 6.74. The molecule has 3 aromatic rings. The fourth-order valence-electron chi connectivity index (χ4n) is 2.76. The van der Waals surface area contributed by atoms with Crippen molar-refractivity contribution >= 4 is 16.9 Å². The molecule has 1 aromatic heterocycles. The predicted octanol–water partition coefficient (Wildman–Crippen LogP) is 3.30. The maximum atomic E-state index is 12.4. The monoisotopic (exact) mass is 323 g/mol. The highest BCUT2D eigenvalue weighted by Crippen LogP contribution is 2.21. The van der Waals surface area contributed by atoms with Crippen LogP contribution in [-0.4, -0.2) is 23.0 Å². The van der Waals surface area contributed by atoms with Gasteiger partial charge < -0.3 is 15.0 Å². The van der Waals surface area contributed by atoms with Gasteiger partial charge in [-0.3, -0.25) is 4.79 Å². The van der Waals surface area contributed by atoms with Crippen LogP contribution in [0.25, 0.3) is 11.0 Å². The Morgan fingerprint density at radius 3 is 2.83 bits per heavy atom. The van der Waals surface area contributed by atoms with Crippen molar-refractivity contribution in [1.29, 1.82) is 0 Å². The van der Waals surface area contributed by atoms with Crippen LogP contribution >= 0.6 is 0 Å². The molecule has 2 aromatic carbocycles. The highest BCUT2D eigenvalue weighted by atomic mass is 16.5. The van der Waals surface area contributed by atoms with E-state index in [0.717, 1.165) is 33.7 Å². The number of imidazole rings is 1. The molecule has 1 atom stereocenters. The van der Waals surface area contributed by atoms with Gasteiger partial charge in [-0.05, 0) is 32.0 Å². The average molecular weight is 323 g/mol. The zero-order chi connectivity index (χ0) is 17.1. The van der Waals surface area contributed by atoms with Gasteiger partial charge in [0.1, 0.15) is 11.6 Å². The number of aromatic amines is 1. The molecule has 3 rings (SSSR count). The topological polar surface area (TPSA) is 67.0 Å². The van der Waals surface area contributed by atoms with Crippen LogP contribution < -0.4 is 10.1 Å². The van der Waals surface area contributed by atoms with E-state index in [2.05, 4.69) is 15.3 Å². The Morgan fingerprint density at radius 2 is 2.08 bits per heavy atom. The van der Waals surface area contributed by atoms with Crippen molar-refractivity contribution < 1.29 is 9.53 Å². The molecule has 1 heterocycles. The Morgan fingerprint density at radius 1 is 1.29 bits per heavy atom. The van der Waals surface area contributed by atoms with Gasteiger partial charge >= 0.3 is 0 Å². The van der Waals surface area contributed by atoms with Gasteiger partial charge in [-0.2, -0.15) is 0 Å². The van der Waals surface area contributed by atoms with Crippen LogP contribution in [0.5, 0.6) is 5.75 Å². The van der Waals surface area contributed by atoms with Crippen molar-refractivity contribution in [3.8, 4) is 5.75 Å². The minimum atomic E-state index is -0.194. The standard InChI is InChI=1S/C19H21N3O2/c1-12-8-9-17(24-3)14(10-12)11-18(23)20-13(2)19-21-15-6-4-5-7-16(15)22-19/h4-10,13H,11H2,1-3H3,(H,20,23)(H,21,22)/t13-/m1/s1. The molecule has 0 saturated carbocycles. The van der Waals surface area contributed by atoms with E-state index < -0.39 is 0 Å². The smallest absolute Gasteiger partial charge is 0.225 e. The SMILES string of the molecule is COc1ccc(C)cc1CC(=O)N[C@H](C)c1nc2ccccc2[nH]1. The summed E-state index contributed by atoms with van der Waals surface area (Å²) in [6.07, 6.45) is 0.273. The molecule has 0 radical (unpaired) electrons. The van der Waals surface area contributed by atoms with Crippen LogP contribution in [-0.2, 0) is 11.2 Å². The first-order valence-electron chi connectivity index (χ1n) is 7.94. The Bertz CT molecular complexity index is 837. The first kappa shape index (κ1) is 16.1. The van der Waals surface area contributed by atoms with E-state index in [-0.39, 0.29) is 18.4 Å². The number of carbonyl (C=O) groups is 1. The van der Waals surface area contributed by atoms with E-state index in [4.69, 9.17) is 4.74 Å². The molecule has 0 aliphatic heterocycles. The number of nitrogens with zero attached hydrogens (tertiary/aromatic N) is 1. The average Bonchev–Trinajstić information content (AvgIpc) is 2.99. The Kier molecular flexibility index (Phi) is 4.51. The van der Waals surface area contributed by atoms with Crippen molar-refractivity contribution in [3.05, 3.63) is 59.4 Å². The molecule has 1 amide bonds. The first-order valence-corrected chi connectivity index (χ1v) is 7.94. The number of H-pyrrole nitrogens is 1. The van der Waals surface area contributed by atoms with Gasteiger partial charge in [0.2, 0.25) is 5.91 Å². The molecule has 0 saturated heterocycles. The number of aryl methyl sites for hydroxylation is 1. The fourth-order valence-corrected chi connectivity index (χ4v) is 2.76. The summed E-state index contributed by atoms with van der Waals surface area (Å²) in [5, 5.41) is 2.99. The van der Waals surface area contributed by atoms with E-state index in [1.807, 2.05) is 56.3 Å². The zero-order valence-electron chi connectivity index (χ0n) is 14.1. The lowest BCUT2D eigenvalue weighted by molar-refractivity contribution is -0.121. The van der Waals surface area contributed by atoms with Gasteiger partial charge in [0.05, 0.1) is 30.6 Å². The van der Waals surface area contributed by atoms with E-state index >= 15 is 0 Å². The van der Waals surface area contributed by atoms with Crippen LogP contribution in [0.15, 0.2) is 42.5 Å². The van der Waals surface area contributed by atoms with Crippen LogP contribution in [0.4, 0.5) is 0 Å². The molecule has 5 heteroatoms. The molecule has 24 heavy (non-hydrogen) atoms. The summed E-state index contributed by atoms with van der Waals surface area (Å²) >= 11 is 0. The van der Waals surface area contributed by atoms with Crippen molar-refractivity contribution in [3.63, 3.8) is 0 Å². The predicted molar refractivity (Wildman–Crippen MR) is 94.1 cm³/mol. The highest BCUT2D eigenvalue weighted by Gasteiger charge is 2.15. The normalized spacial score (nSPS) is 12.1. The molecule has 0 spiro atoms. The van der Waals surface area contributed by atoms with Crippen LogP contribution in [0, 0.1) is 6.92 Å². The van der Waals surface area contributed by atoms with E-state index in [9.17, 15) is 4.79 Å². The largest absolute Gasteiger partial charge is 0.496 e. The number of carbonyl (C=O) groups excluding carboxylic acids is 1. The zero-order valence-corrected chi connectivity index (χ0v) is 14.1. The lowest BCUT2D eigenvalue weighted by Crippen LogP contribution is -2.28. The summed E-state index contributed by atoms with van der Waals surface area (Å²) in [5.74, 6) is 1.42. The molecule has 0 unspecified atom stereocenters. The Balaban J connectivity index is 1.71.